The van der Waals surface area contributed by atoms with E-state index in [9.17, 15) is 4.79 Å². The van der Waals surface area contributed by atoms with Crippen LogP contribution in [0.3, 0.4) is 0 Å². The van der Waals surface area contributed by atoms with E-state index in [1.807, 2.05) is 0 Å². The molecule has 74 valence electrons. The van der Waals surface area contributed by atoms with Crippen LogP contribution in [0.4, 0.5) is 5.82 Å². The zero-order valence-corrected chi connectivity index (χ0v) is 8.51. The van der Waals surface area contributed by atoms with Gasteiger partial charge in [-0.1, -0.05) is 11.6 Å². The molecule has 0 atom stereocenters. The van der Waals surface area contributed by atoms with E-state index in [-0.39, 0.29) is 11.8 Å². The van der Waals surface area contributed by atoms with E-state index in [4.69, 9.17) is 11.6 Å². The van der Waals surface area contributed by atoms with Crippen LogP contribution in [0.2, 0.25) is 5.15 Å². The second-order valence-electron chi connectivity index (χ2n) is 3.40. The Morgan fingerprint density at radius 1 is 1.57 bits per heavy atom. The molecular formula is C9H10ClN3O. The molecule has 1 fully saturated rings. The van der Waals surface area contributed by atoms with E-state index in [1.54, 1.807) is 6.92 Å². The molecule has 5 heteroatoms. The predicted octanol–water partition coefficient (Wildman–Crippen LogP) is 1.79. The minimum Gasteiger partial charge on any atom is -0.310 e. The van der Waals surface area contributed by atoms with E-state index < -0.39 is 0 Å². The van der Waals surface area contributed by atoms with Gasteiger partial charge in [0.15, 0.2) is 0 Å². The Bertz CT molecular complexity index is 376. The molecule has 0 unspecified atom stereocenters. The van der Waals surface area contributed by atoms with Crippen molar-refractivity contribution in [2.75, 3.05) is 5.32 Å². The third kappa shape index (κ3) is 1.85. The first-order chi connectivity index (χ1) is 6.68. The molecule has 1 aromatic heterocycles. The lowest BCUT2D eigenvalue weighted by Gasteiger charge is -2.06. The molecule has 1 aromatic rings. The lowest BCUT2D eigenvalue weighted by atomic mass is 10.3. The number of hydrogen-bond donors (Lipinski definition) is 1. The van der Waals surface area contributed by atoms with Gasteiger partial charge >= 0.3 is 0 Å². The fourth-order valence-electron chi connectivity index (χ4n) is 1.12. The Kier molecular flexibility index (Phi) is 2.37. The van der Waals surface area contributed by atoms with Crippen molar-refractivity contribution in [3.8, 4) is 0 Å². The van der Waals surface area contributed by atoms with Gasteiger partial charge in [0, 0.05) is 11.5 Å². The number of hydrogen-bond acceptors (Lipinski definition) is 3. The van der Waals surface area contributed by atoms with Crippen molar-refractivity contribution in [1.82, 2.24) is 9.97 Å². The topological polar surface area (TPSA) is 54.9 Å². The summed E-state index contributed by atoms with van der Waals surface area (Å²) in [5.41, 5.74) is 0.711. The molecule has 1 aliphatic carbocycles. The average Bonchev–Trinajstić information content (AvgIpc) is 2.95. The van der Waals surface area contributed by atoms with Crippen molar-refractivity contribution >= 4 is 23.3 Å². The van der Waals surface area contributed by atoms with Gasteiger partial charge < -0.3 is 5.32 Å². The first-order valence-electron chi connectivity index (χ1n) is 4.46. The fraction of sp³-hybridized carbons (Fsp3) is 0.444. The molecule has 1 heterocycles. The number of amides is 1. The van der Waals surface area contributed by atoms with Gasteiger partial charge in [0.25, 0.3) is 0 Å². The molecule has 0 aliphatic heterocycles. The van der Waals surface area contributed by atoms with Crippen molar-refractivity contribution in [3.63, 3.8) is 0 Å². The Morgan fingerprint density at radius 3 is 2.93 bits per heavy atom. The minimum absolute atomic E-state index is 0.0304. The minimum atomic E-state index is 0.0304. The van der Waals surface area contributed by atoms with E-state index in [0.29, 0.717) is 16.5 Å². The number of halogens is 1. The maximum atomic E-state index is 11.4. The quantitative estimate of drug-likeness (QED) is 0.759. The van der Waals surface area contributed by atoms with Crippen LogP contribution in [0, 0.1) is 12.8 Å². The summed E-state index contributed by atoms with van der Waals surface area (Å²) < 4.78 is 0. The van der Waals surface area contributed by atoms with Crippen LogP contribution in [0.25, 0.3) is 0 Å². The summed E-state index contributed by atoms with van der Waals surface area (Å²) in [6.45, 7) is 1.78. The molecular weight excluding hydrogens is 202 g/mol. The Labute approximate surface area is 86.7 Å². The summed E-state index contributed by atoms with van der Waals surface area (Å²) >= 11 is 5.79. The highest BCUT2D eigenvalue weighted by Gasteiger charge is 2.30. The second-order valence-corrected chi connectivity index (χ2v) is 3.76. The molecule has 0 saturated heterocycles. The van der Waals surface area contributed by atoms with E-state index in [0.717, 1.165) is 12.8 Å². The van der Waals surface area contributed by atoms with Crippen molar-refractivity contribution in [1.29, 1.82) is 0 Å². The fourth-order valence-corrected chi connectivity index (χ4v) is 1.25. The summed E-state index contributed by atoms with van der Waals surface area (Å²) in [6, 6.07) is 0. The molecule has 4 nitrogen and oxygen atoms in total. The molecule has 2 rings (SSSR count). The number of anilines is 1. The maximum absolute atomic E-state index is 11.4. The van der Waals surface area contributed by atoms with Crippen molar-refractivity contribution < 1.29 is 4.79 Å². The molecule has 0 bridgehead atoms. The van der Waals surface area contributed by atoms with Gasteiger partial charge in [-0.15, -0.1) is 0 Å². The molecule has 0 spiro atoms. The van der Waals surface area contributed by atoms with Crippen LogP contribution in [0.15, 0.2) is 6.33 Å². The SMILES string of the molecule is Cc1c(Cl)ncnc1NC(=O)C1CC1. The summed E-state index contributed by atoms with van der Waals surface area (Å²) in [4.78, 5) is 19.2. The zero-order chi connectivity index (χ0) is 10.1. The summed E-state index contributed by atoms with van der Waals surface area (Å²) in [6.07, 6.45) is 3.30. The van der Waals surface area contributed by atoms with Crippen LogP contribution in [0.5, 0.6) is 0 Å². The Balaban J connectivity index is 2.15. The second kappa shape index (κ2) is 3.53. The third-order valence-corrected chi connectivity index (χ3v) is 2.59. The van der Waals surface area contributed by atoms with Crippen LogP contribution in [-0.4, -0.2) is 15.9 Å². The van der Waals surface area contributed by atoms with Gasteiger partial charge in [0.2, 0.25) is 5.91 Å². The van der Waals surface area contributed by atoms with Crippen LogP contribution < -0.4 is 5.32 Å². The summed E-state index contributed by atoms with van der Waals surface area (Å²) in [7, 11) is 0. The van der Waals surface area contributed by atoms with Crippen molar-refractivity contribution in [2.45, 2.75) is 19.8 Å². The first kappa shape index (κ1) is 9.40. The molecule has 1 amide bonds. The number of carbonyl (C=O) groups excluding carboxylic acids is 1. The Hall–Kier alpha value is -1.16. The standard InChI is InChI=1S/C9H10ClN3O/c1-5-7(10)11-4-12-8(5)13-9(14)6-2-3-6/h4,6H,2-3H2,1H3,(H,11,12,13,14). The van der Waals surface area contributed by atoms with Gasteiger partial charge in [0.1, 0.15) is 17.3 Å². The van der Waals surface area contributed by atoms with Crippen LogP contribution in [-0.2, 0) is 4.79 Å². The molecule has 0 radical (unpaired) electrons. The number of nitrogens with one attached hydrogen (secondary N) is 1. The Morgan fingerprint density at radius 2 is 2.29 bits per heavy atom. The monoisotopic (exact) mass is 211 g/mol. The molecule has 1 aliphatic rings. The van der Waals surface area contributed by atoms with Crippen molar-refractivity contribution in [3.05, 3.63) is 17.0 Å². The highest BCUT2D eigenvalue weighted by atomic mass is 35.5. The van der Waals surface area contributed by atoms with E-state index in [1.165, 1.54) is 6.33 Å². The van der Waals surface area contributed by atoms with Gasteiger partial charge in [-0.05, 0) is 19.8 Å². The van der Waals surface area contributed by atoms with E-state index in [2.05, 4.69) is 15.3 Å². The highest BCUT2D eigenvalue weighted by Crippen LogP contribution is 2.30. The van der Waals surface area contributed by atoms with Crippen molar-refractivity contribution in [2.24, 2.45) is 5.92 Å². The predicted molar refractivity (Wildman–Crippen MR) is 53.1 cm³/mol. The lowest BCUT2D eigenvalue weighted by molar-refractivity contribution is -0.117. The number of aromatic nitrogens is 2. The average molecular weight is 212 g/mol. The van der Waals surface area contributed by atoms with E-state index >= 15 is 0 Å². The van der Waals surface area contributed by atoms with Crippen LogP contribution in [0.1, 0.15) is 18.4 Å². The third-order valence-electron chi connectivity index (χ3n) is 2.21. The number of carbonyl (C=O) groups is 1. The zero-order valence-electron chi connectivity index (χ0n) is 7.75. The first-order valence-corrected chi connectivity index (χ1v) is 4.84. The molecule has 1 saturated carbocycles. The molecule has 0 aromatic carbocycles. The van der Waals surface area contributed by atoms with Gasteiger partial charge in [-0.2, -0.15) is 0 Å². The number of rotatable bonds is 2. The largest absolute Gasteiger partial charge is 0.310 e. The normalized spacial score (nSPS) is 15.3. The maximum Gasteiger partial charge on any atom is 0.228 e. The smallest absolute Gasteiger partial charge is 0.228 e. The highest BCUT2D eigenvalue weighted by molar-refractivity contribution is 6.30. The van der Waals surface area contributed by atoms with Gasteiger partial charge in [-0.25, -0.2) is 9.97 Å². The molecule has 1 N–H and O–H groups in total. The van der Waals surface area contributed by atoms with Gasteiger partial charge in [0.05, 0.1) is 0 Å². The van der Waals surface area contributed by atoms with Gasteiger partial charge in [-0.3, -0.25) is 4.79 Å². The summed E-state index contributed by atoms with van der Waals surface area (Å²) in [5, 5.41) is 3.12. The number of nitrogens with zero attached hydrogens (tertiary/aromatic N) is 2. The van der Waals surface area contributed by atoms with Crippen LogP contribution >= 0.6 is 11.6 Å². The lowest BCUT2D eigenvalue weighted by Crippen LogP contribution is -2.15. The molecule has 14 heavy (non-hydrogen) atoms. The summed E-state index contributed by atoms with van der Waals surface area (Å²) in [5.74, 6) is 0.716.